The molecule has 0 saturated heterocycles. The molecular weight excluding hydrogens is 340 g/mol. The number of hydrogen-bond donors (Lipinski definition) is 1. The van der Waals surface area contributed by atoms with Gasteiger partial charge < -0.3 is 5.32 Å². The number of nitrogens with zero attached hydrogens (tertiary/aromatic N) is 5. The van der Waals surface area contributed by atoms with Gasteiger partial charge in [0.1, 0.15) is 11.4 Å². The summed E-state index contributed by atoms with van der Waals surface area (Å²) in [5, 5.41) is 10.8. The largest absolute Gasteiger partial charge is 0.350 e. The van der Waals surface area contributed by atoms with Crippen LogP contribution in [0.5, 0.6) is 0 Å². The second-order valence-corrected chi connectivity index (χ2v) is 6.51. The van der Waals surface area contributed by atoms with Crippen molar-refractivity contribution in [3.8, 4) is 11.4 Å². The Kier molecular flexibility index (Phi) is 5.24. The summed E-state index contributed by atoms with van der Waals surface area (Å²) in [6, 6.07) is 6.86. The van der Waals surface area contributed by atoms with Crippen molar-refractivity contribution < 1.29 is 9.00 Å². The highest BCUT2D eigenvalue weighted by molar-refractivity contribution is 7.84. The number of carbonyl (C=O) groups is 1. The van der Waals surface area contributed by atoms with E-state index in [0.717, 1.165) is 0 Å². The Morgan fingerprint density at radius 2 is 2.08 bits per heavy atom. The molecule has 8 nitrogen and oxygen atoms in total. The number of hydrogen-bond acceptors (Lipinski definition) is 6. The summed E-state index contributed by atoms with van der Waals surface area (Å²) in [7, 11) is -1.22. The maximum absolute atomic E-state index is 12.3. The molecule has 9 heteroatoms. The Morgan fingerprint density at radius 1 is 1.24 bits per heavy atom. The molecule has 0 saturated carbocycles. The normalized spacial score (nSPS) is 11.9. The number of nitrogens with one attached hydrogen (secondary N) is 1. The SMILES string of the molecule is CS(=O)c1ccccc1C(=O)NCCn1cc(-c2cnccn2)nn1. The van der Waals surface area contributed by atoms with Gasteiger partial charge >= 0.3 is 0 Å². The molecule has 1 atom stereocenters. The van der Waals surface area contributed by atoms with E-state index in [1.54, 1.807) is 60.0 Å². The summed E-state index contributed by atoms with van der Waals surface area (Å²) in [5.74, 6) is -0.264. The molecule has 0 radical (unpaired) electrons. The molecule has 0 aliphatic carbocycles. The number of amides is 1. The quantitative estimate of drug-likeness (QED) is 0.704. The van der Waals surface area contributed by atoms with Crippen molar-refractivity contribution >= 4 is 16.7 Å². The minimum absolute atomic E-state index is 0.264. The molecule has 128 valence electrons. The first-order valence-electron chi connectivity index (χ1n) is 7.52. The molecule has 0 fully saturated rings. The average Bonchev–Trinajstić information content (AvgIpc) is 3.11. The van der Waals surface area contributed by atoms with Gasteiger partial charge in [-0.1, -0.05) is 17.3 Å². The summed E-state index contributed by atoms with van der Waals surface area (Å²) in [6.45, 7) is 0.823. The van der Waals surface area contributed by atoms with Crippen LogP contribution >= 0.6 is 0 Å². The van der Waals surface area contributed by atoms with Gasteiger partial charge in [-0.3, -0.25) is 23.7 Å². The first-order valence-corrected chi connectivity index (χ1v) is 9.08. The minimum Gasteiger partial charge on any atom is -0.350 e. The third-order valence-electron chi connectivity index (χ3n) is 3.43. The van der Waals surface area contributed by atoms with Crippen molar-refractivity contribution in [2.24, 2.45) is 0 Å². The van der Waals surface area contributed by atoms with E-state index in [-0.39, 0.29) is 5.91 Å². The van der Waals surface area contributed by atoms with Crippen molar-refractivity contribution in [3.05, 3.63) is 54.6 Å². The summed E-state index contributed by atoms with van der Waals surface area (Å²) < 4.78 is 13.3. The van der Waals surface area contributed by atoms with Crippen molar-refractivity contribution in [3.63, 3.8) is 0 Å². The lowest BCUT2D eigenvalue weighted by molar-refractivity contribution is 0.0948. The molecular formula is C16H16N6O2S. The second-order valence-electron chi connectivity index (χ2n) is 5.16. The highest BCUT2D eigenvalue weighted by Gasteiger charge is 2.13. The average molecular weight is 356 g/mol. The number of aromatic nitrogens is 5. The summed E-state index contributed by atoms with van der Waals surface area (Å²) in [5.41, 5.74) is 1.67. The van der Waals surface area contributed by atoms with Gasteiger partial charge in [-0.05, 0) is 12.1 Å². The van der Waals surface area contributed by atoms with Crippen LogP contribution in [0.1, 0.15) is 10.4 Å². The van der Waals surface area contributed by atoms with Crippen LogP contribution in [0, 0.1) is 0 Å². The molecule has 25 heavy (non-hydrogen) atoms. The minimum atomic E-state index is -1.22. The molecule has 2 aromatic heterocycles. The Morgan fingerprint density at radius 3 is 2.84 bits per heavy atom. The fourth-order valence-corrected chi connectivity index (χ4v) is 2.98. The Labute approximate surface area is 146 Å². The Bertz CT molecular complexity index is 896. The highest BCUT2D eigenvalue weighted by Crippen LogP contribution is 2.12. The molecule has 0 aliphatic heterocycles. The van der Waals surface area contributed by atoms with Crippen LogP contribution in [0.2, 0.25) is 0 Å². The van der Waals surface area contributed by atoms with Crippen molar-refractivity contribution in [1.82, 2.24) is 30.3 Å². The van der Waals surface area contributed by atoms with Gasteiger partial charge in [0.25, 0.3) is 5.91 Å². The van der Waals surface area contributed by atoms with Crippen molar-refractivity contribution in [2.45, 2.75) is 11.4 Å². The molecule has 0 spiro atoms. The van der Waals surface area contributed by atoms with E-state index in [2.05, 4.69) is 25.6 Å². The lowest BCUT2D eigenvalue weighted by atomic mass is 10.2. The van der Waals surface area contributed by atoms with Gasteiger partial charge in [0.2, 0.25) is 0 Å². The van der Waals surface area contributed by atoms with Crippen molar-refractivity contribution in [1.29, 1.82) is 0 Å². The molecule has 0 aliphatic rings. The zero-order valence-electron chi connectivity index (χ0n) is 13.5. The molecule has 1 unspecified atom stereocenters. The molecule has 1 N–H and O–H groups in total. The van der Waals surface area contributed by atoms with Gasteiger partial charge in [-0.25, -0.2) is 0 Å². The third kappa shape index (κ3) is 4.13. The van der Waals surface area contributed by atoms with E-state index >= 15 is 0 Å². The van der Waals surface area contributed by atoms with E-state index < -0.39 is 10.8 Å². The fraction of sp³-hybridized carbons (Fsp3) is 0.188. The topological polar surface area (TPSA) is 103 Å². The number of carbonyl (C=O) groups excluding carboxylic acids is 1. The van der Waals surface area contributed by atoms with Gasteiger partial charge in [0.15, 0.2) is 0 Å². The number of rotatable bonds is 6. The monoisotopic (exact) mass is 356 g/mol. The van der Waals surface area contributed by atoms with Gasteiger partial charge in [0.05, 0.1) is 40.2 Å². The van der Waals surface area contributed by atoms with E-state index in [4.69, 9.17) is 0 Å². The maximum atomic E-state index is 12.3. The van der Waals surface area contributed by atoms with Crippen LogP contribution in [0.4, 0.5) is 0 Å². The zero-order chi connectivity index (χ0) is 17.6. The lowest BCUT2D eigenvalue weighted by Gasteiger charge is -2.08. The zero-order valence-corrected chi connectivity index (χ0v) is 14.3. The van der Waals surface area contributed by atoms with Crippen LogP contribution in [0.3, 0.4) is 0 Å². The van der Waals surface area contributed by atoms with Crippen LogP contribution in [0.15, 0.2) is 53.9 Å². The molecule has 3 aromatic rings. The standard InChI is InChI=1S/C16H16N6O2S/c1-25(24)15-5-3-2-4-12(15)16(23)19-8-9-22-11-14(20-21-22)13-10-17-6-7-18-13/h2-7,10-11H,8-9H2,1H3,(H,19,23). The molecule has 1 aromatic carbocycles. The third-order valence-corrected chi connectivity index (χ3v) is 4.41. The summed E-state index contributed by atoms with van der Waals surface area (Å²) in [4.78, 5) is 20.9. The Hall–Kier alpha value is -2.94. The van der Waals surface area contributed by atoms with Gasteiger partial charge in [-0.15, -0.1) is 5.10 Å². The summed E-state index contributed by atoms with van der Waals surface area (Å²) in [6.07, 6.45) is 8.08. The van der Waals surface area contributed by atoms with Crippen molar-refractivity contribution in [2.75, 3.05) is 12.8 Å². The van der Waals surface area contributed by atoms with Crippen LogP contribution < -0.4 is 5.32 Å². The fourth-order valence-electron chi connectivity index (χ4n) is 2.24. The molecule has 1 amide bonds. The van der Waals surface area contributed by atoms with Crippen LogP contribution in [0.25, 0.3) is 11.4 Å². The summed E-state index contributed by atoms with van der Waals surface area (Å²) >= 11 is 0. The smallest absolute Gasteiger partial charge is 0.252 e. The van der Waals surface area contributed by atoms with E-state index in [1.165, 1.54) is 0 Å². The van der Waals surface area contributed by atoms with Crippen LogP contribution in [-0.4, -0.2) is 47.9 Å². The molecule has 3 rings (SSSR count). The van der Waals surface area contributed by atoms with E-state index in [0.29, 0.717) is 34.9 Å². The molecule has 0 bridgehead atoms. The number of benzene rings is 1. The van der Waals surface area contributed by atoms with Crippen LogP contribution in [-0.2, 0) is 17.3 Å². The predicted octanol–water partition coefficient (Wildman–Crippen LogP) is 0.902. The Balaban J connectivity index is 1.60. The van der Waals surface area contributed by atoms with E-state index in [1.807, 2.05) is 0 Å². The van der Waals surface area contributed by atoms with E-state index in [9.17, 15) is 9.00 Å². The first kappa shape index (κ1) is 16.9. The first-order chi connectivity index (χ1) is 12.1. The lowest BCUT2D eigenvalue weighted by Crippen LogP contribution is -2.28. The second kappa shape index (κ2) is 7.75. The highest BCUT2D eigenvalue weighted by atomic mass is 32.2. The van der Waals surface area contributed by atoms with Gasteiger partial charge in [-0.2, -0.15) is 0 Å². The molecule has 2 heterocycles. The predicted molar refractivity (Wildman–Crippen MR) is 92.2 cm³/mol. The maximum Gasteiger partial charge on any atom is 0.252 e. The van der Waals surface area contributed by atoms with Gasteiger partial charge in [0, 0.05) is 25.2 Å².